The zero-order valence-electron chi connectivity index (χ0n) is 13.3. The molecule has 2 fully saturated rings. The molecular formula is C19H29NS. The van der Waals surface area contributed by atoms with Crippen molar-refractivity contribution in [2.45, 2.75) is 50.3 Å². The number of nitrogens with one attached hydrogen (secondary N) is 1. The molecule has 1 N–H and O–H groups in total. The van der Waals surface area contributed by atoms with Crippen LogP contribution in [-0.2, 0) is 0 Å². The minimum Gasteiger partial charge on any atom is -0.316 e. The van der Waals surface area contributed by atoms with Gasteiger partial charge in [0.1, 0.15) is 0 Å². The summed E-state index contributed by atoms with van der Waals surface area (Å²) in [4.78, 5) is 1.43. The summed E-state index contributed by atoms with van der Waals surface area (Å²) in [7, 11) is 0. The van der Waals surface area contributed by atoms with Gasteiger partial charge in [0.25, 0.3) is 0 Å². The Morgan fingerprint density at radius 1 is 1.24 bits per heavy atom. The Bertz CT molecular complexity index is 432. The number of thioether (sulfide) groups is 1. The normalized spacial score (nSPS) is 30.9. The zero-order chi connectivity index (χ0) is 14.5. The predicted octanol–water partition coefficient (Wildman–Crippen LogP) is 4.97. The van der Waals surface area contributed by atoms with Gasteiger partial charge in [0.2, 0.25) is 0 Å². The average Bonchev–Trinajstić information content (AvgIpc) is 3.10. The highest BCUT2D eigenvalue weighted by atomic mass is 32.2. The second kappa shape index (κ2) is 7.19. The van der Waals surface area contributed by atoms with Crippen LogP contribution in [0.5, 0.6) is 0 Å². The minimum absolute atomic E-state index is 0.611. The first-order valence-corrected chi connectivity index (χ1v) is 9.69. The van der Waals surface area contributed by atoms with Gasteiger partial charge in [-0.15, -0.1) is 11.8 Å². The molecule has 2 aliphatic rings. The summed E-state index contributed by atoms with van der Waals surface area (Å²) in [6, 6.07) is 10.9. The van der Waals surface area contributed by atoms with Crippen molar-refractivity contribution >= 4 is 11.8 Å². The van der Waals surface area contributed by atoms with E-state index in [0.29, 0.717) is 5.41 Å². The molecule has 0 amide bonds. The quantitative estimate of drug-likeness (QED) is 0.537. The number of rotatable bonds is 8. The van der Waals surface area contributed by atoms with Crippen LogP contribution in [0.4, 0.5) is 0 Å². The van der Waals surface area contributed by atoms with Crippen molar-refractivity contribution in [1.29, 1.82) is 0 Å². The highest BCUT2D eigenvalue weighted by Crippen LogP contribution is 2.57. The Balaban J connectivity index is 1.55. The van der Waals surface area contributed by atoms with E-state index in [2.05, 4.69) is 42.6 Å². The van der Waals surface area contributed by atoms with Crippen LogP contribution >= 0.6 is 11.8 Å². The van der Waals surface area contributed by atoms with Crippen molar-refractivity contribution in [1.82, 2.24) is 5.32 Å². The summed E-state index contributed by atoms with van der Waals surface area (Å²) in [5.41, 5.74) is 0.611. The fraction of sp³-hybridized carbons (Fsp3) is 0.684. The van der Waals surface area contributed by atoms with Gasteiger partial charge in [-0.05, 0) is 73.8 Å². The van der Waals surface area contributed by atoms with E-state index in [-0.39, 0.29) is 0 Å². The standard InChI is InChI=1S/C19H29NS/c1-2-11-20-15-19(14-16-8-9-17(19)13-16)10-12-21-18-6-4-3-5-7-18/h3-7,16-17,20H,2,8-15H2,1H3. The van der Waals surface area contributed by atoms with Crippen molar-refractivity contribution in [3.8, 4) is 0 Å². The van der Waals surface area contributed by atoms with E-state index in [4.69, 9.17) is 0 Å². The van der Waals surface area contributed by atoms with Crippen LogP contribution in [0.25, 0.3) is 0 Å². The predicted molar refractivity (Wildman–Crippen MR) is 92.8 cm³/mol. The molecule has 2 aliphatic carbocycles. The Morgan fingerprint density at radius 3 is 2.76 bits per heavy atom. The molecule has 1 aromatic carbocycles. The Morgan fingerprint density at radius 2 is 2.10 bits per heavy atom. The summed E-state index contributed by atoms with van der Waals surface area (Å²) in [5.74, 6) is 3.32. The highest BCUT2D eigenvalue weighted by Gasteiger charge is 2.49. The lowest BCUT2D eigenvalue weighted by atomic mass is 9.71. The number of fused-ring (bicyclic) bond motifs is 2. The van der Waals surface area contributed by atoms with E-state index in [1.54, 1.807) is 0 Å². The Labute approximate surface area is 134 Å². The van der Waals surface area contributed by atoms with Gasteiger partial charge in [-0.3, -0.25) is 0 Å². The third-order valence-electron chi connectivity index (χ3n) is 5.62. The van der Waals surface area contributed by atoms with E-state index in [1.807, 2.05) is 11.8 Å². The molecule has 116 valence electrons. The average molecular weight is 304 g/mol. The third kappa shape index (κ3) is 3.65. The van der Waals surface area contributed by atoms with Crippen LogP contribution in [0.3, 0.4) is 0 Å². The molecule has 2 bridgehead atoms. The minimum atomic E-state index is 0.611. The van der Waals surface area contributed by atoms with Gasteiger partial charge in [0, 0.05) is 11.4 Å². The van der Waals surface area contributed by atoms with Gasteiger partial charge in [-0.25, -0.2) is 0 Å². The third-order valence-corrected chi connectivity index (χ3v) is 6.63. The molecule has 3 atom stereocenters. The maximum atomic E-state index is 3.74. The summed E-state index contributed by atoms with van der Waals surface area (Å²) in [6.45, 7) is 4.72. The second-order valence-electron chi connectivity index (χ2n) is 7.03. The molecule has 0 spiro atoms. The molecule has 0 aromatic heterocycles. The van der Waals surface area contributed by atoms with Gasteiger partial charge in [0.15, 0.2) is 0 Å². The maximum absolute atomic E-state index is 3.74. The molecule has 0 heterocycles. The first-order chi connectivity index (χ1) is 10.3. The molecule has 1 nitrogen and oxygen atoms in total. The van der Waals surface area contributed by atoms with Crippen LogP contribution in [-0.4, -0.2) is 18.8 Å². The van der Waals surface area contributed by atoms with E-state index in [1.165, 1.54) is 62.3 Å². The van der Waals surface area contributed by atoms with E-state index >= 15 is 0 Å². The van der Waals surface area contributed by atoms with Crippen LogP contribution in [0.2, 0.25) is 0 Å². The lowest BCUT2D eigenvalue weighted by Gasteiger charge is -2.38. The first kappa shape index (κ1) is 15.4. The smallest absolute Gasteiger partial charge is 0.00719 e. The molecule has 2 heteroatoms. The summed E-state index contributed by atoms with van der Waals surface area (Å²) >= 11 is 2.04. The van der Waals surface area contributed by atoms with E-state index in [9.17, 15) is 0 Å². The molecule has 21 heavy (non-hydrogen) atoms. The first-order valence-electron chi connectivity index (χ1n) is 8.71. The fourth-order valence-electron chi connectivity index (χ4n) is 4.57. The summed E-state index contributed by atoms with van der Waals surface area (Å²) in [5, 5.41) is 3.74. The molecule has 0 radical (unpaired) electrons. The Kier molecular flexibility index (Phi) is 5.29. The van der Waals surface area contributed by atoms with Crippen molar-refractivity contribution in [3.63, 3.8) is 0 Å². The number of hydrogen-bond acceptors (Lipinski definition) is 2. The lowest BCUT2D eigenvalue weighted by Crippen LogP contribution is -2.39. The van der Waals surface area contributed by atoms with Gasteiger partial charge in [-0.1, -0.05) is 31.5 Å². The van der Waals surface area contributed by atoms with Crippen molar-refractivity contribution in [3.05, 3.63) is 30.3 Å². The van der Waals surface area contributed by atoms with Gasteiger partial charge in [0.05, 0.1) is 0 Å². The number of benzene rings is 1. The van der Waals surface area contributed by atoms with Gasteiger partial charge < -0.3 is 5.32 Å². The SMILES string of the molecule is CCCNCC1(CCSc2ccccc2)CC2CCC1C2. The second-order valence-corrected chi connectivity index (χ2v) is 8.20. The highest BCUT2D eigenvalue weighted by molar-refractivity contribution is 7.99. The van der Waals surface area contributed by atoms with Crippen molar-refractivity contribution < 1.29 is 0 Å². The topological polar surface area (TPSA) is 12.0 Å². The van der Waals surface area contributed by atoms with Crippen LogP contribution in [0.1, 0.15) is 45.4 Å². The zero-order valence-corrected chi connectivity index (χ0v) is 14.1. The van der Waals surface area contributed by atoms with Gasteiger partial charge in [-0.2, -0.15) is 0 Å². The number of hydrogen-bond donors (Lipinski definition) is 1. The van der Waals surface area contributed by atoms with Crippen LogP contribution < -0.4 is 5.32 Å². The van der Waals surface area contributed by atoms with Crippen molar-refractivity contribution in [2.24, 2.45) is 17.3 Å². The Hall–Kier alpha value is -0.470. The molecule has 0 aliphatic heterocycles. The molecule has 1 aromatic rings. The summed E-state index contributed by atoms with van der Waals surface area (Å²) < 4.78 is 0. The van der Waals surface area contributed by atoms with Crippen LogP contribution in [0, 0.1) is 17.3 Å². The molecular weight excluding hydrogens is 274 g/mol. The fourth-order valence-corrected chi connectivity index (χ4v) is 5.67. The van der Waals surface area contributed by atoms with E-state index in [0.717, 1.165) is 11.8 Å². The van der Waals surface area contributed by atoms with Crippen molar-refractivity contribution in [2.75, 3.05) is 18.8 Å². The largest absolute Gasteiger partial charge is 0.316 e. The molecule has 3 rings (SSSR count). The summed E-state index contributed by atoms with van der Waals surface area (Å²) in [6.07, 6.45) is 8.65. The molecule has 0 saturated heterocycles. The van der Waals surface area contributed by atoms with E-state index < -0.39 is 0 Å². The molecule has 2 saturated carbocycles. The maximum Gasteiger partial charge on any atom is 0.00719 e. The molecule has 3 unspecified atom stereocenters. The van der Waals surface area contributed by atoms with Crippen LogP contribution in [0.15, 0.2) is 35.2 Å². The monoisotopic (exact) mass is 303 g/mol. The van der Waals surface area contributed by atoms with Gasteiger partial charge >= 0.3 is 0 Å². The lowest BCUT2D eigenvalue weighted by molar-refractivity contribution is 0.152.